The van der Waals surface area contributed by atoms with Gasteiger partial charge in [-0.2, -0.15) is 0 Å². The molecule has 3 aromatic carbocycles. The van der Waals surface area contributed by atoms with Crippen molar-refractivity contribution in [3.05, 3.63) is 90.6 Å². The first-order valence-corrected chi connectivity index (χ1v) is 13.3. The van der Waals surface area contributed by atoms with Crippen LogP contribution in [0.5, 0.6) is 0 Å². The quantitative estimate of drug-likeness (QED) is 0.280. The zero-order valence-electron chi connectivity index (χ0n) is 20.9. The minimum Gasteiger partial charge on any atom is -0.477 e. The molecular formula is C29H30N2O4S. The van der Waals surface area contributed by atoms with Crippen LogP contribution in [0.2, 0.25) is 0 Å². The number of nitrogens with one attached hydrogen (secondary N) is 1. The van der Waals surface area contributed by atoms with Crippen molar-refractivity contribution in [2.45, 2.75) is 31.1 Å². The molecule has 0 atom stereocenters. The van der Waals surface area contributed by atoms with Gasteiger partial charge in [-0.15, -0.1) is 6.58 Å². The summed E-state index contributed by atoms with van der Waals surface area (Å²) < 4.78 is 28.8. The minimum absolute atomic E-state index is 0.0161. The highest BCUT2D eigenvalue weighted by Crippen LogP contribution is 2.42. The number of carboxylic acids is 1. The van der Waals surface area contributed by atoms with Gasteiger partial charge in [-0.25, -0.2) is 13.2 Å². The molecule has 186 valence electrons. The van der Waals surface area contributed by atoms with E-state index in [1.807, 2.05) is 30.3 Å². The molecule has 0 bridgehead atoms. The summed E-state index contributed by atoms with van der Waals surface area (Å²) in [5.74, 6) is -1.41. The topological polar surface area (TPSA) is 88.4 Å². The Morgan fingerprint density at radius 2 is 1.67 bits per heavy atom. The van der Waals surface area contributed by atoms with Crippen LogP contribution in [0.15, 0.2) is 84.3 Å². The molecule has 1 aromatic heterocycles. The smallest absolute Gasteiger partial charge is 0.353 e. The SMILES string of the molecule is C=CCS(=O)(=O)c1c(Nc2ccc(C(C)(C)C)cc2)ccc2c1c(-c1ccccc1)c(C(=O)O)n2C. The van der Waals surface area contributed by atoms with Gasteiger partial charge in [0.2, 0.25) is 0 Å². The van der Waals surface area contributed by atoms with Crippen LogP contribution in [0, 0.1) is 0 Å². The molecule has 4 rings (SSSR count). The molecule has 1 heterocycles. The number of hydrogen-bond acceptors (Lipinski definition) is 4. The van der Waals surface area contributed by atoms with Crippen LogP contribution in [-0.2, 0) is 22.3 Å². The Morgan fingerprint density at radius 3 is 2.22 bits per heavy atom. The summed E-state index contributed by atoms with van der Waals surface area (Å²) in [5, 5.41) is 13.7. The lowest BCUT2D eigenvalue weighted by molar-refractivity contribution is 0.0688. The number of benzene rings is 3. The third-order valence-corrected chi connectivity index (χ3v) is 7.98. The molecule has 2 N–H and O–H groups in total. The normalized spacial score (nSPS) is 12.0. The second kappa shape index (κ2) is 9.32. The summed E-state index contributed by atoms with van der Waals surface area (Å²) in [6, 6.07) is 20.3. The molecule has 0 spiro atoms. The van der Waals surface area contributed by atoms with Crippen molar-refractivity contribution in [1.82, 2.24) is 4.57 Å². The van der Waals surface area contributed by atoms with Crippen molar-refractivity contribution in [2.24, 2.45) is 7.05 Å². The lowest BCUT2D eigenvalue weighted by atomic mass is 9.87. The number of fused-ring (bicyclic) bond motifs is 1. The number of aryl methyl sites for hydroxylation is 1. The lowest BCUT2D eigenvalue weighted by Gasteiger charge is -2.20. The highest BCUT2D eigenvalue weighted by atomic mass is 32.2. The van der Waals surface area contributed by atoms with Crippen molar-refractivity contribution < 1.29 is 18.3 Å². The van der Waals surface area contributed by atoms with Crippen LogP contribution in [-0.4, -0.2) is 29.8 Å². The Morgan fingerprint density at radius 1 is 1.03 bits per heavy atom. The summed E-state index contributed by atoms with van der Waals surface area (Å²) in [7, 11) is -2.23. The maximum atomic E-state index is 13.6. The molecule has 0 aliphatic heterocycles. The van der Waals surface area contributed by atoms with Gasteiger partial charge >= 0.3 is 5.97 Å². The van der Waals surface area contributed by atoms with E-state index in [1.165, 1.54) is 10.6 Å². The van der Waals surface area contributed by atoms with Gasteiger partial charge < -0.3 is 15.0 Å². The third kappa shape index (κ3) is 4.54. The molecule has 0 fully saturated rings. The van der Waals surface area contributed by atoms with E-state index < -0.39 is 15.8 Å². The first kappa shape index (κ1) is 25.3. The second-order valence-corrected chi connectivity index (χ2v) is 11.8. The zero-order valence-corrected chi connectivity index (χ0v) is 21.7. The molecule has 36 heavy (non-hydrogen) atoms. The first-order valence-electron chi connectivity index (χ1n) is 11.6. The van der Waals surface area contributed by atoms with Gasteiger partial charge in [-0.05, 0) is 40.8 Å². The van der Waals surface area contributed by atoms with E-state index in [2.05, 4.69) is 32.7 Å². The zero-order chi connectivity index (χ0) is 26.3. The number of hydrogen-bond donors (Lipinski definition) is 2. The molecule has 0 unspecified atom stereocenters. The van der Waals surface area contributed by atoms with Gasteiger partial charge in [0.15, 0.2) is 9.84 Å². The molecule has 7 heteroatoms. The van der Waals surface area contributed by atoms with Gasteiger partial charge in [0.1, 0.15) is 10.6 Å². The predicted octanol–water partition coefficient (Wildman–Crippen LogP) is 6.54. The highest BCUT2D eigenvalue weighted by Gasteiger charge is 2.30. The van der Waals surface area contributed by atoms with Gasteiger partial charge in [0.05, 0.1) is 17.0 Å². The Balaban J connectivity index is 2.05. The van der Waals surface area contributed by atoms with Crippen LogP contribution in [0.3, 0.4) is 0 Å². The van der Waals surface area contributed by atoms with Crippen molar-refractivity contribution >= 4 is 38.1 Å². The number of carbonyl (C=O) groups is 1. The number of rotatable bonds is 7. The van der Waals surface area contributed by atoms with E-state index >= 15 is 0 Å². The van der Waals surface area contributed by atoms with Crippen LogP contribution in [0.4, 0.5) is 11.4 Å². The fourth-order valence-corrected chi connectivity index (χ4v) is 5.95. The van der Waals surface area contributed by atoms with Gasteiger partial charge in [0.25, 0.3) is 0 Å². The fourth-order valence-electron chi connectivity index (χ4n) is 4.51. The number of anilines is 2. The Bertz CT molecular complexity index is 1560. The van der Waals surface area contributed by atoms with E-state index in [-0.39, 0.29) is 21.8 Å². The van der Waals surface area contributed by atoms with Crippen LogP contribution in [0.1, 0.15) is 36.8 Å². The summed E-state index contributed by atoms with van der Waals surface area (Å²) >= 11 is 0. The third-order valence-electron chi connectivity index (χ3n) is 6.26. The average molecular weight is 503 g/mol. The Hall–Kier alpha value is -3.84. The highest BCUT2D eigenvalue weighted by molar-refractivity contribution is 7.92. The standard InChI is InChI=1S/C29H30N2O4S/c1-6-18-36(34,35)27-22(30-21-14-12-20(13-15-21)29(2,3)4)16-17-23-25(27)24(19-10-8-7-9-11-19)26(28(32)33)31(23)5/h6-17,30H,1,18H2,2-5H3,(H,32,33). The van der Waals surface area contributed by atoms with Crippen molar-refractivity contribution in [1.29, 1.82) is 0 Å². The predicted molar refractivity (Wildman–Crippen MR) is 146 cm³/mol. The van der Waals surface area contributed by atoms with E-state index in [1.54, 1.807) is 43.4 Å². The molecule has 0 aliphatic carbocycles. The van der Waals surface area contributed by atoms with E-state index in [9.17, 15) is 18.3 Å². The lowest BCUT2D eigenvalue weighted by Crippen LogP contribution is -2.11. The number of carboxylic acid groups (broad SMARTS) is 1. The minimum atomic E-state index is -3.87. The van der Waals surface area contributed by atoms with E-state index in [4.69, 9.17) is 0 Å². The molecule has 0 radical (unpaired) electrons. The Kier molecular flexibility index (Phi) is 6.54. The maximum absolute atomic E-state index is 13.6. The summed E-state index contributed by atoms with van der Waals surface area (Å²) in [4.78, 5) is 12.4. The van der Waals surface area contributed by atoms with Crippen molar-refractivity contribution in [3.8, 4) is 11.1 Å². The second-order valence-electron chi connectivity index (χ2n) is 9.81. The average Bonchev–Trinajstić information content (AvgIpc) is 3.11. The Labute approximate surface area is 211 Å². The number of nitrogens with zero attached hydrogens (tertiary/aromatic N) is 1. The molecular weight excluding hydrogens is 472 g/mol. The van der Waals surface area contributed by atoms with E-state index in [0.717, 1.165) is 11.3 Å². The summed E-state index contributed by atoms with van der Waals surface area (Å²) in [6.45, 7) is 10.0. The number of aromatic nitrogens is 1. The molecule has 0 aliphatic rings. The van der Waals surface area contributed by atoms with Crippen LogP contribution < -0.4 is 5.32 Å². The fraction of sp³-hybridized carbons (Fsp3) is 0.207. The molecule has 0 amide bonds. The largest absolute Gasteiger partial charge is 0.477 e. The molecule has 0 saturated heterocycles. The maximum Gasteiger partial charge on any atom is 0.353 e. The molecule has 4 aromatic rings. The van der Waals surface area contributed by atoms with Crippen LogP contribution in [0.25, 0.3) is 22.0 Å². The molecule has 0 saturated carbocycles. The number of aromatic carboxylic acids is 1. The van der Waals surface area contributed by atoms with E-state index in [0.29, 0.717) is 27.7 Å². The monoisotopic (exact) mass is 502 g/mol. The van der Waals surface area contributed by atoms with Crippen LogP contribution >= 0.6 is 0 Å². The summed E-state index contributed by atoms with van der Waals surface area (Å²) in [6.07, 6.45) is 1.35. The number of sulfone groups is 1. The molecule has 6 nitrogen and oxygen atoms in total. The van der Waals surface area contributed by atoms with Gasteiger partial charge in [-0.3, -0.25) is 0 Å². The van der Waals surface area contributed by atoms with Crippen molar-refractivity contribution in [3.63, 3.8) is 0 Å². The van der Waals surface area contributed by atoms with Gasteiger partial charge in [-0.1, -0.05) is 69.3 Å². The first-order chi connectivity index (χ1) is 17.0. The van der Waals surface area contributed by atoms with Gasteiger partial charge in [0, 0.05) is 23.7 Å². The summed E-state index contributed by atoms with van der Waals surface area (Å²) in [5.41, 5.74) is 3.79. The van der Waals surface area contributed by atoms with Crippen molar-refractivity contribution in [2.75, 3.05) is 11.1 Å².